The summed E-state index contributed by atoms with van der Waals surface area (Å²) in [6, 6.07) is 28.1. The molecule has 0 bridgehead atoms. The van der Waals surface area contributed by atoms with E-state index in [-0.39, 0.29) is 24.3 Å². The Morgan fingerprint density at radius 2 is 0.985 bits per heavy atom. The van der Waals surface area contributed by atoms with Gasteiger partial charge in [0.25, 0.3) is 5.97 Å². The summed E-state index contributed by atoms with van der Waals surface area (Å²) in [6.07, 6.45) is 18.5. The van der Waals surface area contributed by atoms with Crippen molar-refractivity contribution in [1.29, 1.82) is 0 Å². The molecular weight excluding hydrogens is 925 g/mol. The standard InChI is InChI=1S/C18H21NO.C18H22O3.C10H16O2.C8H7BrO.C2H4O2.H3N/c1-14(2)8-7-9-15(3)12-18-19-17(13-20-18)16-10-5-4-6-11-16;1-14(2)8-7-9-15(3)12-18(20)21-13-17(19)16-10-5-4-6-11-16;1-8(2)5-4-6-9(3)7-10(11)12;9-6-8(10)7-4-2-1-3-5-7;1-2(3)4;/h4-6,8,10-13H,7,9H2,1-3H3;4-6,8,10-12H,7,9,13H2,1-3H3;5,7H,4,6H2,1-3H3,(H,11,12);1-5H,6H2;1H3,(H,3,4);1H3/b2*15-12+;9-7+;;;. The summed E-state index contributed by atoms with van der Waals surface area (Å²) in [5, 5.41) is 16.2. The van der Waals surface area contributed by atoms with Gasteiger partial charge in [0, 0.05) is 35.8 Å². The summed E-state index contributed by atoms with van der Waals surface area (Å²) in [5.74, 6) is -1.54. The third-order valence-electron chi connectivity index (χ3n) is 8.63. The van der Waals surface area contributed by atoms with E-state index >= 15 is 0 Å². The number of ether oxygens (including phenoxy) is 1. The zero-order chi connectivity index (χ0) is 50.6. The molecule has 368 valence electrons. The van der Waals surface area contributed by atoms with Crippen LogP contribution in [0.25, 0.3) is 17.3 Å². The highest BCUT2D eigenvalue weighted by atomic mass is 79.9. The molecule has 0 aliphatic carbocycles. The molecule has 0 fully saturated rings. The second-order valence-electron chi connectivity index (χ2n) is 16.0. The minimum atomic E-state index is -0.857. The van der Waals surface area contributed by atoms with Crippen LogP contribution in [0.2, 0.25) is 0 Å². The van der Waals surface area contributed by atoms with Crippen LogP contribution in [0.15, 0.2) is 165 Å². The third-order valence-corrected chi connectivity index (χ3v) is 9.14. The number of aliphatic carboxylic acids is 2. The summed E-state index contributed by atoms with van der Waals surface area (Å²) in [4.78, 5) is 58.1. The number of nitrogens with zero attached hydrogens (tertiary/aromatic N) is 1. The fourth-order valence-electron chi connectivity index (χ4n) is 5.29. The first-order chi connectivity index (χ1) is 31.7. The van der Waals surface area contributed by atoms with Gasteiger partial charge in [0.15, 0.2) is 18.2 Å². The van der Waals surface area contributed by atoms with Gasteiger partial charge >= 0.3 is 11.9 Å². The number of carbonyl (C=O) groups excluding carboxylic acids is 3. The molecule has 0 unspecified atom stereocenters. The molecule has 0 atom stereocenters. The number of ketones is 2. The molecule has 0 spiro atoms. The molecule has 4 rings (SSSR count). The second-order valence-corrected chi connectivity index (χ2v) is 16.6. The summed E-state index contributed by atoms with van der Waals surface area (Å²) in [7, 11) is 0. The van der Waals surface area contributed by atoms with E-state index in [2.05, 4.69) is 59.9 Å². The van der Waals surface area contributed by atoms with Crippen molar-refractivity contribution in [3.05, 3.63) is 178 Å². The normalized spacial score (nSPS) is 10.4. The van der Waals surface area contributed by atoms with Crippen LogP contribution in [0.4, 0.5) is 0 Å². The van der Waals surface area contributed by atoms with E-state index in [1.165, 1.54) is 34.4 Å². The van der Waals surface area contributed by atoms with Crippen LogP contribution in [-0.2, 0) is 19.1 Å². The van der Waals surface area contributed by atoms with Crippen molar-refractivity contribution in [2.45, 2.75) is 108 Å². The maximum Gasteiger partial charge on any atom is 0.331 e. The smallest absolute Gasteiger partial charge is 0.331 e. The molecule has 12 heteroatoms. The quantitative estimate of drug-likeness (QED) is 0.0282. The van der Waals surface area contributed by atoms with E-state index in [1.807, 2.05) is 114 Å². The van der Waals surface area contributed by atoms with Gasteiger partial charge in [-0.15, -0.1) is 0 Å². The third kappa shape index (κ3) is 35.7. The van der Waals surface area contributed by atoms with E-state index in [9.17, 15) is 19.2 Å². The average Bonchev–Trinajstić information content (AvgIpc) is 3.74. The number of carbonyl (C=O) groups is 5. The number of carboxylic acid groups (broad SMARTS) is 2. The topological polar surface area (TPSA) is 196 Å². The molecular formula is C56H73BrN2O9. The molecule has 0 saturated carbocycles. The molecule has 68 heavy (non-hydrogen) atoms. The van der Waals surface area contributed by atoms with Crippen LogP contribution in [0.1, 0.15) is 134 Å². The van der Waals surface area contributed by atoms with Crippen LogP contribution in [0.5, 0.6) is 0 Å². The minimum absolute atomic E-state index is 0. The molecule has 1 heterocycles. The maximum atomic E-state index is 11.8. The molecule has 0 saturated heterocycles. The summed E-state index contributed by atoms with van der Waals surface area (Å²) >= 11 is 3.10. The van der Waals surface area contributed by atoms with Crippen molar-refractivity contribution in [2.75, 3.05) is 11.9 Å². The monoisotopic (exact) mass is 996 g/mol. The number of alkyl halides is 1. The predicted octanol–water partition coefficient (Wildman–Crippen LogP) is 14.9. The van der Waals surface area contributed by atoms with Crippen molar-refractivity contribution >= 4 is 51.5 Å². The summed E-state index contributed by atoms with van der Waals surface area (Å²) < 4.78 is 10.5. The van der Waals surface area contributed by atoms with Gasteiger partial charge in [-0.05, 0) is 107 Å². The number of Topliss-reactive ketones (excluding diaryl/α,β-unsaturated/α-hetero) is 2. The number of oxazole rings is 1. The van der Waals surface area contributed by atoms with Gasteiger partial charge in [-0.1, -0.05) is 159 Å². The number of carboxylic acids is 2. The Labute approximate surface area is 413 Å². The molecule has 3 aromatic carbocycles. The highest BCUT2D eigenvalue weighted by molar-refractivity contribution is 9.09. The van der Waals surface area contributed by atoms with Gasteiger partial charge in [-0.2, -0.15) is 0 Å². The number of hydrogen-bond acceptors (Lipinski definition) is 9. The number of esters is 1. The molecule has 5 N–H and O–H groups in total. The zero-order valence-electron chi connectivity index (χ0n) is 41.6. The Bertz CT molecular complexity index is 2270. The number of halogens is 1. The van der Waals surface area contributed by atoms with Crippen molar-refractivity contribution in [3.63, 3.8) is 0 Å². The molecule has 0 aliphatic rings. The molecule has 1 aromatic heterocycles. The first kappa shape index (κ1) is 63.6. The Kier molecular flexibility index (Phi) is 36.1. The summed E-state index contributed by atoms with van der Waals surface area (Å²) in [6.45, 7) is 19.1. The zero-order valence-corrected chi connectivity index (χ0v) is 43.2. The minimum Gasteiger partial charge on any atom is -0.481 e. The number of hydrogen-bond donors (Lipinski definition) is 3. The van der Waals surface area contributed by atoms with Gasteiger partial charge in [0.1, 0.15) is 12.0 Å². The van der Waals surface area contributed by atoms with Crippen LogP contribution in [0, 0.1) is 0 Å². The number of rotatable bonds is 18. The highest BCUT2D eigenvalue weighted by Gasteiger charge is 2.08. The lowest BCUT2D eigenvalue weighted by atomic mass is 10.1. The predicted molar refractivity (Wildman–Crippen MR) is 281 cm³/mol. The van der Waals surface area contributed by atoms with Crippen LogP contribution < -0.4 is 6.15 Å². The molecule has 11 nitrogen and oxygen atoms in total. The van der Waals surface area contributed by atoms with Gasteiger partial charge < -0.3 is 25.5 Å². The maximum absolute atomic E-state index is 11.8. The van der Waals surface area contributed by atoms with Crippen molar-refractivity contribution in [1.82, 2.24) is 11.1 Å². The first-order valence-electron chi connectivity index (χ1n) is 22.0. The lowest BCUT2D eigenvalue weighted by Gasteiger charge is -2.03. The van der Waals surface area contributed by atoms with Gasteiger partial charge in [0.2, 0.25) is 5.89 Å². The molecule has 0 aliphatic heterocycles. The van der Waals surface area contributed by atoms with Gasteiger partial charge in [0.05, 0.1) is 5.33 Å². The molecule has 4 aromatic rings. The van der Waals surface area contributed by atoms with Gasteiger partial charge in [-0.3, -0.25) is 14.4 Å². The molecule has 0 amide bonds. The van der Waals surface area contributed by atoms with Gasteiger partial charge in [-0.25, -0.2) is 14.6 Å². The lowest BCUT2D eigenvalue weighted by Crippen LogP contribution is -2.12. The Hall–Kier alpha value is -6.50. The van der Waals surface area contributed by atoms with Crippen LogP contribution in [0.3, 0.4) is 0 Å². The van der Waals surface area contributed by atoms with E-state index in [1.54, 1.807) is 30.5 Å². The molecule has 0 radical (unpaired) electrons. The van der Waals surface area contributed by atoms with Crippen molar-refractivity contribution in [2.24, 2.45) is 0 Å². The van der Waals surface area contributed by atoms with Crippen LogP contribution in [-0.4, -0.2) is 56.6 Å². The SMILES string of the molecule is CC(=O)O.CC(C)=CCC/C(C)=C/C(=O)O.CC(C)=CCC/C(C)=C/C(=O)OCC(=O)c1ccccc1.CC(C)=CCC/C(C)=C/c1nc(-c2ccccc2)co1.N.O=C(CBr)c1ccccc1. The lowest BCUT2D eigenvalue weighted by molar-refractivity contribution is -0.137. The number of aromatic nitrogens is 1. The average molecular weight is 998 g/mol. The van der Waals surface area contributed by atoms with Crippen LogP contribution >= 0.6 is 15.9 Å². The Morgan fingerprint density at radius 1 is 0.588 bits per heavy atom. The fraction of sp³-hybridized carbons (Fsp3) is 0.321. The van der Waals surface area contributed by atoms with E-state index in [4.69, 9.17) is 24.2 Å². The fourth-order valence-corrected chi connectivity index (χ4v) is 5.61. The second kappa shape index (κ2) is 38.6. The van der Waals surface area contributed by atoms with E-state index < -0.39 is 17.9 Å². The first-order valence-corrected chi connectivity index (χ1v) is 23.1. The Balaban J connectivity index is 0. The van der Waals surface area contributed by atoms with Crippen molar-refractivity contribution in [3.8, 4) is 11.3 Å². The number of benzene rings is 3. The van der Waals surface area contributed by atoms with E-state index in [0.717, 1.165) is 73.4 Å². The summed E-state index contributed by atoms with van der Waals surface area (Å²) in [5.41, 5.74) is 10.3. The highest BCUT2D eigenvalue weighted by Crippen LogP contribution is 2.20. The largest absolute Gasteiger partial charge is 0.481 e. The van der Waals surface area contributed by atoms with Crippen molar-refractivity contribution < 1.29 is 43.3 Å². The van der Waals surface area contributed by atoms with E-state index in [0.29, 0.717) is 16.8 Å². The number of allylic oxidation sites excluding steroid dienone is 9. The Morgan fingerprint density at radius 3 is 1.40 bits per heavy atom.